The average Bonchev–Trinajstić information content (AvgIpc) is 2.78. The van der Waals surface area contributed by atoms with E-state index < -0.39 is 37.1 Å². The molecule has 31 heavy (non-hydrogen) atoms. The molecule has 0 bridgehead atoms. The Morgan fingerprint density at radius 2 is 1.81 bits per heavy atom. The Balaban J connectivity index is 1.73. The summed E-state index contributed by atoms with van der Waals surface area (Å²) in [6.07, 6.45) is -4.01. The molecule has 0 amide bonds. The van der Waals surface area contributed by atoms with Gasteiger partial charge in [-0.25, -0.2) is 0 Å². The molecule has 1 saturated heterocycles. The van der Waals surface area contributed by atoms with E-state index in [1.165, 1.54) is 13.3 Å². The fourth-order valence-corrected chi connectivity index (χ4v) is 3.63. The predicted octanol–water partition coefficient (Wildman–Crippen LogP) is 1.46. The van der Waals surface area contributed by atoms with Gasteiger partial charge in [0, 0.05) is 5.02 Å². The highest BCUT2D eigenvalue weighted by atomic mass is 35.5. The Morgan fingerprint density at radius 3 is 2.48 bits per heavy atom. The van der Waals surface area contributed by atoms with Gasteiger partial charge in [-0.2, -0.15) is 0 Å². The summed E-state index contributed by atoms with van der Waals surface area (Å²) in [6.45, 7) is -0.187. The Labute approximate surface area is 185 Å². The first-order chi connectivity index (χ1) is 14.9. The molecule has 3 rings (SSSR count). The molecule has 5 atom stereocenters. The molecular weight excluding hydrogens is 426 g/mol. The van der Waals surface area contributed by atoms with E-state index in [0.29, 0.717) is 29.4 Å². The number of aliphatic hydroxyl groups excluding tert-OH is 4. The van der Waals surface area contributed by atoms with E-state index in [1.54, 1.807) is 18.2 Å². The third kappa shape index (κ3) is 5.74. The highest BCUT2D eigenvalue weighted by Crippen LogP contribution is 2.34. The van der Waals surface area contributed by atoms with Crippen molar-refractivity contribution in [3.05, 3.63) is 64.2 Å². The van der Waals surface area contributed by atoms with Gasteiger partial charge in [0.05, 0.1) is 12.8 Å². The molecule has 9 heteroatoms. The summed E-state index contributed by atoms with van der Waals surface area (Å²) in [7, 11) is 1.46. The molecule has 1 aliphatic heterocycles. The molecule has 1 aliphatic rings. The molecule has 0 spiro atoms. The second kappa shape index (κ2) is 10.9. The van der Waals surface area contributed by atoms with Gasteiger partial charge in [0.2, 0.25) is 0 Å². The molecule has 1 fully saturated rings. The van der Waals surface area contributed by atoms with Crippen molar-refractivity contribution in [2.24, 2.45) is 5.16 Å². The second-order valence-electron chi connectivity index (χ2n) is 7.20. The number of aliphatic hydroxyl groups is 4. The van der Waals surface area contributed by atoms with Crippen LogP contribution in [-0.4, -0.2) is 71.4 Å². The van der Waals surface area contributed by atoms with Crippen molar-refractivity contribution in [1.82, 2.24) is 0 Å². The number of nitrogens with zero attached hydrogens (tertiary/aromatic N) is 1. The molecule has 0 radical (unpaired) electrons. The molecular formula is C22H26ClNO7. The SMILES string of the molecule is CO/N=C\COc1ccc(Cc2cc([C@@H]3O[C@H](CO)[C@@H](O)[C@H](O)[C@H]3O)ccc2Cl)cc1. The standard InChI is InChI=1S/C22H26ClNO7/c1-29-24-8-9-30-16-5-2-13(3-6-16)10-15-11-14(4-7-17(15)23)22-21(28)20(27)19(26)18(12-25)31-22/h2-8,11,18-22,25-28H,9-10,12H2,1H3/b24-8-/t18-,19-,20+,21-,22+/m1/s1. The van der Waals surface area contributed by atoms with Gasteiger partial charge < -0.3 is 34.7 Å². The van der Waals surface area contributed by atoms with Gasteiger partial charge in [-0.05, 0) is 41.3 Å². The van der Waals surface area contributed by atoms with Crippen molar-refractivity contribution in [1.29, 1.82) is 0 Å². The van der Waals surface area contributed by atoms with Gasteiger partial charge in [0.25, 0.3) is 0 Å². The zero-order valence-electron chi connectivity index (χ0n) is 17.0. The van der Waals surface area contributed by atoms with Crippen molar-refractivity contribution in [3.63, 3.8) is 0 Å². The summed E-state index contributed by atoms with van der Waals surface area (Å²) in [5.74, 6) is 0.687. The van der Waals surface area contributed by atoms with Crippen LogP contribution < -0.4 is 4.74 Å². The van der Waals surface area contributed by atoms with E-state index in [-0.39, 0.29) is 0 Å². The van der Waals surface area contributed by atoms with Crippen LogP contribution in [0.25, 0.3) is 0 Å². The summed E-state index contributed by atoms with van der Waals surface area (Å²) in [5.41, 5.74) is 2.39. The van der Waals surface area contributed by atoms with Gasteiger partial charge in [0.1, 0.15) is 50.0 Å². The number of hydrogen-bond donors (Lipinski definition) is 4. The Bertz CT molecular complexity index is 875. The summed E-state index contributed by atoms with van der Waals surface area (Å²) in [5, 5.41) is 44.0. The van der Waals surface area contributed by atoms with Crippen LogP contribution in [0.15, 0.2) is 47.6 Å². The smallest absolute Gasteiger partial charge is 0.127 e. The molecule has 4 N–H and O–H groups in total. The van der Waals surface area contributed by atoms with E-state index >= 15 is 0 Å². The number of oxime groups is 1. The van der Waals surface area contributed by atoms with Crippen molar-refractivity contribution in [2.75, 3.05) is 20.3 Å². The first-order valence-corrected chi connectivity index (χ1v) is 10.2. The maximum Gasteiger partial charge on any atom is 0.127 e. The normalized spacial score (nSPS) is 26.2. The van der Waals surface area contributed by atoms with Gasteiger partial charge >= 0.3 is 0 Å². The summed E-state index contributed by atoms with van der Waals surface area (Å²) >= 11 is 6.37. The number of rotatable bonds is 8. The molecule has 2 aromatic carbocycles. The average molecular weight is 452 g/mol. The van der Waals surface area contributed by atoms with Crippen LogP contribution in [0, 0.1) is 0 Å². The highest BCUT2D eigenvalue weighted by molar-refractivity contribution is 6.31. The van der Waals surface area contributed by atoms with Crippen LogP contribution in [0.3, 0.4) is 0 Å². The van der Waals surface area contributed by atoms with Crippen LogP contribution in [0.1, 0.15) is 22.8 Å². The zero-order chi connectivity index (χ0) is 22.4. The number of ether oxygens (including phenoxy) is 2. The molecule has 168 valence electrons. The lowest BCUT2D eigenvalue weighted by Gasteiger charge is -2.40. The van der Waals surface area contributed by atoms with Crippen LogP contribution >= 0.6 is 11.6 Å². The molecule has 1 heterocycles. The fourth-order valence-electron chi connectivity index (χ4n) is 3.45. The zero-order valence-corrected chi connectivity index (χ0v) is 17.7. The summed E-state index contributed by atoms with van der Waals surface area (Å²) in [6, 6.07) is 12.7. The lowest BCUT2D eigenvalue weighted by Crippen LogP contribution is -2.55. The van der Waals surface area contributed by atoms with E-state index in [0.717, 1.165) is 11.1 Å². The first kappa shape index (κ1) is 23.5. The fraction of sp³-hybridized carbons (Fsp3) is 0.409. The second-order valence-corrected chi connectivity index (χ2v) is 7.61. The minimum Gasteiger partial charge on any atom is -0.488 e. The van der Waals surface area contributed by atoms with Crippen molar-refractivity contribution < 1.29 is 34.7 Å². The maximum absolute atomic E-state index is 10.4. The minimum atomic E-state index is -1.43. The lowest BCUT2D eigenvalue weighted by molar-refractivity contribution is -0.231. The largest absolute Gasteiger partial charge is 0.488 e. The van der Waals surface area contributed by atoms with Crippen molar-refractivity contribution in [3.8, 4) is 5.75 Å². The molecule has 0 aromatic heterocycles. The summed E-state index contributed by atoms with van der Waals surface area (Å²) < 4.78 is 11.2. The molecule has 0 saturated carbocycles. The highest BCUT2D eigenvalue weighted by Gasteiger charge is 2.44. The summed E-state index contributed by atoms with van der Waals surface area (Å²) in [4.78, 5) is 4.57. The van der Waals surface area contributed by atoms with Crippen LogP contribution in [-0.2, 0) is 16.0 Å². The topological polar surface area (TPSA) is 121 Å². The quantitative estimate of drug-likeness (QED) is 0.354. The molecule has 2 aromatic rings. The van der Waals surface area contributed by atoms with Crippen molar-refractivity contribution >= 4 is 17.8 Å². The monoisotopic (exact) mass is 451 g/mol. The molecule has 8 nitrogen and oxygen atoms in total. The minimum absolute atomic E-state index is 0.292. The van der Waals surface area contributed by atoms with Crippen LogP contribution in [0.5, 0.6) is 5.75 Å². The van der Waals surface area contributed by atoms with Gasteiger partial charge in [0.15, 0.2) is 0 Å². The van der Waals surface area contributed by atoms with Gasteiger partial charge in [-0.15, -0.1) is 0 Å². The molecule has 0 unspecified atom stereocenters. The Kier molecular flexibility index (Phi) is 8.25. The van der Waals surface area contributed by atoms with Crippen LogP contribution in [0.4, 0.5) is 0 Å². The number of benzene rings is 2. The van der Waals surface area contributed by atoms with E-state index in [4.69, 9.17) is 21.1 Å². The maximum atomic E-state index is 10.4. The van der Waals surface area contributed by atoms with Gasteiger partial charge in [-0.1, -0.05) is 41.0 Å². The first-order valence-electron chi connectivity index (χ1n) is 9.80. The predicted molar refractivity (Wildman–Crippen MR) is 114 cm³/mol. The number of halogens is 1. The van der Waals surface area contributed by atoms with E-state index in [9.17, 15) is 20.4 Å². The Hall–Kier alpha value is -2.20. The number of hydrogen-bond acceptors (Lipinski definition) is 8. The Morgan fingerprint density at radius 1 is 1.06 bits per heavy atom. The van der Waals surface area contributed by atoms with Crippen LogP contribution in [0.2, 0.25) is 5.02 Å². The lowest BCUT2D eigenvalue weighted by atomic mass is 9.90. The van der Waals surface area contributed by atoms with E-state index in [2.05, 4.69) is 9.99 Å². The third-order valence-electron chi connectivity index (χ3n) is 5.11. The third-order valence-corrected chi connectivity index (χ3v) is 5.48. The molecule has 0 aliphatic carbocycles. The van der Waals surface area contributed by atoms with Gasteiger partial charge in [-0.3, -0.25) is 0 Å². The van der Waals surface area contributed by atoms with Crippen molar-refractivity contribution in [2.45, 2.75) is 36.9 Å². The van der Waals surface area contributed by atoms with E-state index in [1.807, 2.05) is 24.3 Å².